The molecule has 0 radical (unpaired) electrons. The Labute approximate surface area is 106 Å². The Balaban J connectivity index is 2.45. The van der Waals surface area contributed by atoms with E-state index in [2.05, 4.69) is 10.3 Å². The van der Waals surface area contributed by atoms with Crippen molar-refractivity contribution < 1.29 is 9.21 Å². The first kappa shape index (κ1) is 14.1. The van der Waals surface area contributed by atoms with Gasteiger partial charge in [0, 0.05) is 0 Å². The van der Waals surface area contributed by atoms with Crippen molar-refractivity contribution in [3.63, 3.8) is 0 Å². The molecule has 0 saturated heterocycles. The summed E-state index contributed by atoms with van der Waals surface area (Å²) < 4.78 is 5.34. The van der Waals surface area contributed by atoms with Crippen LogP contribution in [0, 0.1) is 6.92 Å². The van der Waals surface area contributed by atoms with Crippen LogP contribution in [0.15, 0.2) is 10.6 Å². The third-order valence-electron chi connectivity index (χ3n) is 2.34. The molecule has 6 heteroatoms. The topological polar surface area (TPSA) is 81.2 Å². The fourth-order valence-corrected chi connectivity index (χ4v) is 1.82. The van der Waals surface area contributed by atoms with E-state index in [1.807, 2.05) is 20.1 Å². The van der Waals surface area contributed by atoms with E-state index < -0.39 is 6.04 Å². The molecule has 0 bridgehead atoms. The summed E-state index contributed by atoms with van der Waals surface area (Å²) in [5.74, 6) is 1.95. The molecule has 0 aliphatic rings. The first-order chi connectivity index (χ1) is 8.04. The highest BCUT2D eigenvalue weighted by Crippen LogP contribution is 2.12. The fraction of sp³-hybridized carbons (Fsp3) is 0.636. The number of nitrogens with zero attached hydrogens (tertiary/aromatic N) is 1. The Kier molecular flexibility index (Phi) is 5.50. The highest BCUT2D eigenvalue weighted by atomic mass is 32.2. The van der Waals surface area contributed by atoms with Gasteiger partial charge in [-0.15, -0.1) is 0 Å². The van der Waals surface area contributed by atoms with Gasteiger partial charge in [-0.3, -0.25) is 4.79 Å². The second kappa shape index (κ2) is 6.66. The monoisotopic (exact) mass is 257 g/mol. The summed E-state index contributed by atoms with van der Waals surface area (Å²) in [7, 11) is 0. The van der Waals surface area contributed by atoms with Crippen molar-refractivity contribution >= 4 is 17.7 Å². The lowest BCUT2D eigenvalue weighted by atomic mass is 10.2. The molecule has 0 spiro atoms. The van der Waals surface area contributed by atoms with Gasteiger partial charge in [0.05, 0.1) is 12.2 Å². The predicted molar refractivity (Wildman–Crippen MR) is 68.8 cm³/mol. The minimum Gasteiger partial charge on any atom is -0.444 e. The van der Waals surface area contributed by atoms with Crippen molar-refractivity contribution in [2.45, 2.75) is 32.4 Å². The van der Waals surface area contributed by atoms with Crippen LogP contribution in [0.5, 0.6) is 0 Å². The van der Waals surface area contributed by atoms with E-state index in [4.69, 9.17) is 10.2 Å². The number of nitrogens with one attached hydrogen (secondary N) is 1. The normalized spacial score (nSPS) is 14.4. The Morgan fingerprint density at radius 2 is 2.41 bits per heavy atom. The third-order valence-corrected chi connectivity index (χ3v) is 2.98. The first-order valence-corrected chi connectivity index (χ1v) is 6.91. The van der Waals surface area contributed by atoms with Crippen LogP contribution in [0.4, 0.5) is 0 Å². The number of hydrogen-bond acceptors (Lipinski definition) is 5. The summed E-state index contributed by atoms with van der Waals surface area (Å²) in [6, 6.07) is -0.725. The SMILES string of the molecule is CSCC[C@@H](N)C(=O)NC(C)c1ncc(C)o1. The molecule has 1 aromatic heterocycles. The number of amides is 1. The van der Waals surface area contributed by atoms with E-state index in [1.54, 1.807) is 18.0 Å². The van der Waals surface area contributed by atoms with Gasteiger partial charge in [-0.1, -0.05) is 0 Å². The Morgan fingerprint density at radius 1 is 1.71 bits per heavy atom. The van der Waals surface area contributed by atoms with Gasteiger partial charge in [0.1, 0.15) is 11.8 Å². The minimum atomic E-state index is -0.471. The molecule has 0 aliphatic carbocycles. The number of oxazole rings is 1. The zero-order valence-corrected chi connectivity index (χ0v) is 11.2. The van der Waals surface area contributed by atoms with Gasteiger partial charge in [0.15, 0.2) is 0 Å². The minimum absolute atomic E-state index is 0.164. The molecular formula is C11H19N3O2S. The molecule has 1 rings (SSSR count). The second-order valence-electron chi connectivity index (χ2n) is 3.93. The van der Waals surface area contributed by atoms with Crippen LogP contribution in [0.25, 0.3) is 0 Å². The summed E-state index contributed by atoms with van der Waals surface area (Å²) in [5, 5.41) is 2.79. The Bertz CT molecular complexity index is 367. The molecule has 96 valence electrons. The van der Waals surface area contributed by atoms with Crippen molar-refractivity contribution in [2.75, 3.05) is 12.0 Å². The Hall–Kier alpha value is -1.01. The van der Waals surface area contributed by atoms with Gasteiger partial charge in [-0.05, 0) is 32.3 Å². The first-order valence-electron chi connectivity index (χ1n) is 5.51. The van der Waals surface area contributed by atoms with Crippen LogP contribution in [-0.2, 0) is 4.79 Å². The van der Waals surface area contributed by atoms with Gasteiger partial charge in [-0.2, -0.15) is 11.8 Å². The van der Waals surface area contributed by atoms with Crippen molar-refractivity contribution in [1.82, 2.24) is 10.3 Å². The van der Waals surface area contributed by atoms with Gasteiger partial charge >= 0.3 is 0 Å². The smallest absolute Gasteiger partial charge is 0.237 e. The number of rotatable bonds is 6. The van der Waals surface area contributed by atoms with E-state index in [0.29, 0.717) is 12.3 Å². The van der Waals surface area contributed by atoms with Crippen LogP contribution < -0.4 is 11.1 Å². The number of aromatic nitrogens is 1. The molecule has 1 heterocycles. The molecule has 2 atom stereocenters. The Morgan fingerprint density at radius 3 is 2.94 bits per heavy atom. The van der Waals surface area contributed by atoms with E-state index in [0.717, 1.165) is 11.5 Å². The van der Waals surface area contributed by atoms with Crippen molar-refractivity contribution in [1.29, 1.82) is 0 Å². The average Bonchev–Trinajstić information content (AvgIpc) is 2.72. The highest BCUT2D eigenvalue weighted by molar-refractivity contribution is 7.98. The number of thioether (sulfide) groups is 1. The molecule has 0 fully saturated rings. The van der Waals surface area contributed by atoms with Gasteiger partial charge in [-0.25, -0.2) is 4.98 Å². The maximum atomic E-state index is 11.7. The van der Waals surface area contributed by atoms with E-state index in [-0.39, 0.29) is 11.9 Å². The molecule has 3 N–H and O–H groups in total. The van der Waals surface area contributed by atoms with Crippen LogP contribution in [0.2, 0.25) is 0 Å². The van der Waals surface area contributed by atoms with Gasteiger partial charge in [0.2, 0.25) is 11.8 Å². The van der Waals surface area contributed by atoms with Crippen LogP contribution >= 0.6 is 11.8 Å². The molecule has 0 aromatic carbocycles. The number of aryl methyl sites for hydroxylation is 1. The van der Waals surface area contributed by atoms with Crippen LogP contribution in [-0.4, -0.2) is 28.9 Å². The molecule has 17 heavy (non-hydrogen) atoms. The summed E-state index contributed by atoms with van der Waals surface area (Å²) in [6.07, 6.45) is 4.29. The zero-order valence-electron chi connectivity index (χ0n) is 10.4. The molecule has 1 unspecified atom stereocenters. The molecule has 0 saturated carbocycles. The predicted octanol–water partition coefficient (Wildman–Crippen LogP) is 1.24. The van der Waals surface area contributed by atoms with E-state index in [9.17, 15) is 4.79 Å². The number of carbonyl (C=O) groups is 1. The standard InChI is InChI=1S/C11H19N3O2S/c1-7-6-13-11(16-7)8(2)14-10(15)9(12)4-5-17-3/h6,8-9H,4-5,12H2,1-3H3,(H,14,15)/t8?,9-/m1/s1. The largest absolute Gasteiger partial charge is 0.444 e. The number of nitrogens with two attached hydrogens (primary N) is 1. The summed E-state index contributed by atoms with van der Waals surface area (Å²) >= 11 is 1.68. The molecule has 5 nitrogen and oxygen atoms in total. The maximum Gasteiger partial charge on any atom is 0.237 e. The third kappa shape index (κ3) is 4.40. The second-order valence-corrected chi connectivity index (χ2v) is 4.91. The molecule has 0 aliphatic heterocycles. The lowest BCUT2D eigenvalue weighted by molar-refractivity contribution is -0.123. The lowest BCUT2D eigenvalue weighted by Crippen LogP contribution is -2.42. The number of carbonyl (C=O) groups excluding carboxylic acids is 1. The quantitative estimate of drug-likeness (QED) is 0.801. The van der Waals surface area contributed by atoms with Crippen LogP contribution in [0.1, 0.15) is 31.0 Å². The van der Waals surface area contributed by atoms with Crippen molar-refractivity contribution in [2.24, 2.45) is 5.73 Å². The molecular weight excluding hydrogens is 238 g/mol. The maximum absolute atomic E-state index is 11.7. The van der Waals surface area contributed by atoms with Gasteiger partial charge in [0.25, 0.3) is 0 Å². The molecule has 1 amide bonds. The van der Waals surface area contributed by atoms with Crippen molar-refractivity contribution in [3.05, 3.63) is 17.8 Å². The lowest BCUT2D eigenvalue weighted by Gasteiger charge is -2.14. The molecule has 1 aromatic rings. The highest BCUT2D eigenvalue weighted by Gasteiger charge is 2.18. The fourth-order valence-electron chi connectivity index (χ4n) is 1.33. The van der Waals surface area contributed by atoms with Gasteiger partial charge < -0.3 is 15.5 Å². The average molecular weight is 257 g/mol. The summed E-state index contributed by atoms with van der Waals surface area (Å²) in [5.41, 5.74) is 5.76. The number of hydrogen-bond donors (Lipinski definition) is 2. The van der Waals surface area contributed by atoms with E-state index in [1.165, 1.54) is 0 Å². The van der Waals surface area contributed by atoms with E-state index >= 15 is 0 Å². The summed E-state index contributed by atoms with van der Waals surface area (Å²) in [6.45, 7) is 3.64. The summed E-state index contributed by atoms with van der Waals surface area (Å²) in [4.78, 5) is 15.8. The van der Waals surface area contributed by atoms with Crippen LogP contribution in [0.3, 0.4) is 0 Å². The van der Waals surface area contributed by atoms with Crippen molar-refractivity contribution in [3.8, 4) is 0 Å². The zero-order chi connectivity index (χ0) is 12.8.